The molecule has 5 N–H and O–H groups in total. The summed E-state index contributed by atoms with van der Waals surface area (Å²) in [5.41, 5.74) is 1.60. The van der Waals surface area contributed by atoms with Crippen LogP contribution in [0.2, 0.25) is 0 Å². The summed E-state index contributed by atoms with van der Waals surface area (Å²) in [5, 5.41) is 16.4. The highest BCUT2D eigenvalue weighted by atomic mass is 31.2. The fraction of sp³-hybridized carbons (Fsp3) is 0.400. The molecule has 2 saturated heterocycles. The number of benzene rings is 1. The number of rotatable bonds is 12. The summed E-state index contributed by atoms with van der Waals surface area (Å²) < 4.78 is 37.9. The van der Waals surface area contributed by atoms with Gasteiger partial charge in [-0.25, -0.2) is 19.7 Å². The van der Waals surface area contributed by atoms with Gasteiger partial charge in [-0.1, -0.05) is 36.4 Å². The van der Waals surface area contributed by atoms with Crippen LogP contribution in [-0.2, 0) is 28.1 Å². The molecule has 5 rings (SSSR count). The lowest BCUT2D eigenvalue weighted by atomic mass is 10.1. The Morgan fingerprint density at radius 2 is 1.93 bits per heavy atom. The highest BCUT2D eigenvalue weighted by molar-refractivity contribution is 7.52. The quantitative estimate of drug-likeness (QED) is 0.186. The molecule has 4 heterocycles. The van der Waals surface area contributed by atoms with Crippen LogP contribution in [0.4, 0.5) is 10.6 Å². The number of hydrogen-bond acceptors (Lipinski definition) is 11. The number of urea groups is 1. The van der Waals surface area contributed by atoms with Gasteiger partial charge in [-0.15, -0.1) is 0 Å². The average molecular weight is 604 g/mol. The predicted octanol–water partition coefficient (Wildman–Crippen LogP) is 1.52. The maximum atomic E-state index is 12.5. The number of carbonyl (C=O) groups is 2. The normalized spacial score (nSPS) is 25.0. The van der Waals surface area contributed by atoms with Gasteiger partial charge in [0.2, 0.25) is 0 Å². The standard InChI is InChI=1S/C25H30N7O9P/c1-2-27-25(35)31-22-19-23(29-12-28-22)32(13-30-19)24-21-20(40-18(41-21)9-8-15-6-4-3-5-7-15)16(39-24)11-38-42(36,37)14-26-10-17(33)34/h3-9,12-13,16,18,20-21,24,26H,2,10-11,14H2,1H3,(H,33,34)(H,36,37)(H2,27,28,29,31,35)/b9-8+/t16-,18+,20?,21+,24-/m1/s1. The van der Waals surface area contributed by atoms with E-state index in [0.717, 1.165) is 5.56 Å². The molecule has 2 aliphatic heterocycles. The van der Waals surface area contributed by atoms with Crippen molar-refractivity contribution in [3.8, 4) is 0 Å². The van der Waals surface area contributed by atoms with Crippen LogP contribution in [0.3, 0.4) is 0 Å². The van der Waals surface area contributed by atoms with Gasteiger partial charge in [0.1, 0.15) is 24.6 Å². The predicted molar refractivity (Wildman–Crippen MR) is 147 cm³/mol. The molecule has 17 heteroatoms. The monoisotopic (exact) mass is 603 g/mol. The van der Waals surface area contributed by atoms with E-state index in [1.807, 2.05) is 36.4 Å². The molecule has 0 aliphatic carbocycles. The number of imidazole rings is 1. The van der Waals surface area contributed by atoms with E-state index in [0.29, 0.717) is 17.7 Å². The Morgan fingerprint density at radius 1 is 1.14 bits per heavy atom. The lowest BCUT2D eigenvalue weighted by molar-refractivity contribution is -0.135. The first-order valence-corrected chi connectivity index (χ1v) is 14.8. The van der Waals surface area contributed by atoms with E-state index >= 15 is 0 Å². The van der Waals surface area contributed by atoms with Gasteiger partial charge in [0, 0.05) is 6.54 Å². The summed E-state index contributed by atoms with van der Waals surface area (Å²) in [7, 11) is -4.20. The van der Waals surface area contributed by atoms with Crippen molar-refractivity contribution >= 4 is 42.7 Å². The fourth-order valence-corrected chi connectivity index (χ4v) is 5.41. The molecule has 42 heavy (non-hydrogen) atoms. The molecule has 0 saturated carbocycles. The number of aliphatic carboxylic acids is 1. The maximum Gasteiger partial charge on any atom is 0.341 e. The van der Waals surface area contributed by atoms with Gasteiger partial charge < -0.3 is 34.1 Å². The van der Waals surface area contributed by atoms with Crippen molar-refractivity contribution in [1.82, 2.24) is 30.2 Å². The van der Waals surface area contributed by atoms with Crippen molar-refractivity contribution in [2.75, 3.05) is 31.3 Å². The van der Waals surface area contributed by atoms with Crippen LogP contribution in [0.15, 0.2) is 49.1 Å². The van der Waals surface area contributed by atoms with Gasteiger partial charge in [0.15, 0.2) is 29.5 Å². The number of fused-ring (bicyclic) bond motifs is 2. The lowest BCUT2D eigenvalue weighted by Gasteiger charge is -2.21. The number of amides is 2. The third-order valence-electron chi connectivity index (χ3n) is 6.34. The molecular formula is C25H30N7O9P. The summed E-state index contributed by atoms with van der Waals surface area (Å²) in [6.45, 7) is 1.36. The van der Waals surface area contributed by atoms with E-state index in [4.69, 9.17) is 23.8 Å². The third-order valence-corrected chi connectivity index (χ3v) is 7.52. The molecular weight excluding hydrogens is 573 g/mol. The minimum absolute atomic E-state index is 0.196. The first-order chi connectivity index (χ1) is 20.2. The summed E-state index contributed by atoms with van der Waals surface area (Å²) in [6.07, 6.45) is 1.94. The van der Waals surface area contributed by atoms with Crippen LogP contribution < -0.4 is 16.0 Å². The highest BCUT2D eigenvalue weighted by Gasteiger charge is 2.53. The number of nitrogens with zero attached hydrogens (tertiary/aromatic N) is 4. The van der Waals surface area contributed by atoms with Gasteiger partial charge in [-0.2, -0.15) is 0 Å². The van der Waals surface area contributed by atoms with Gasteiger partial charge >= 0.3 is 19.6 Å². The van der Waals surface area contributed by atoms with Crippen molar-refractivity contribution in [2.45, 2.75) is 37.8 Å². The van der Waals surface area contributed by atoms with Crippen LogP contribution >= 0.6 is 7.60 Å². The molecule has 2 fully saturated rings. The minimum atomic E-state index is -4.20. The van der Waals surface area contributed by atoms with Crippen LogP contribution in [0, 0.1) is 0 Å². The van der Waals surface area contributed by atoms with Gasteiger partial charge in [0.25, 0.3) is 0 Å². The number of anilines is 1. The zero-order valence-corrected chi connectivity index (χ0v) is 23.3. The zero-order chi connectivity index (χ0) is 29.7. The van der Waals surface area contributed by atoms with Crippen LogP contribution in [0.25, 0.3) is 17.2 Å². The molecule has 16 nitrogen and oxygen atoms in total. The van der Waals surface area contributed by atoms with Crippen LogP contribution in [0.5, 0.6) is 0 Å². The van der Waals surface area contributed by atoms with Crippen molar-refractivity contribution in [3.63, 3.8) is 0 Å². The molecule has 0 bridgehead atoms. The summed E-state index contributed by atoms with van der Waals surface area (Å²) in [6, 6.07) is 9.12. The van der Waals surface area contributed by atoms with Gasteiger partial charge in [-0.05, 0) is 18.6 Å². The second kappa shape index (κ2) is 13.0. The first-order valence-electron chi connectivity index (χ1n) is 13.0. The van der Waals surface area contributed by atoms with E-state index in [-0.39, 0.29) is 12.4 Å². The fourth-order valence-electron chi connectivity index (χ4n) is 4.54. The number of aromatic nitrogens is 4. The molecule has 2 aromatic heterocycles. The van der Waals surface area contributed by atoms with Gasteiger partial charge in [-0.3, -0.25) is 24.6 Å². The summed E-state index contributed by atoms with van der Waals surface area (Å²) in [4.78, 5) is 45.8. The van der Waals surface area contributed by atoms with E-state index in [2.05, 4.69) is 30.9 Å². The van der Waals surface area contributed by atoms with Crippen LogP contribution in [0.1, 0.15) is 18.7 Å². The Kier molecular flexibility index (Phi) is 9.23. The molecule has 2 aliphatic rings. The number of carbonyl (C=O) groups excluding carboxylic acids is 1. The maximum absolute atomic E-state index is 12.5. The highest BCUT2D eigenvalue weighted by Crippen LogP contribution is 2.45. The number of hydrogen-bond donors (Lipinski definition) is 5. The lowest BCUT2D eigenvalue weighted by Crippen LogP contribution is -2.32. The molecule has 6 atom stereocenters. The second-order valence-electron chi connectivity index (χ2n) is 9.35. The summed E-state index contributed by atoms with van der Waals surface area (Å²) in [5.74, 6) is -0.979. The zero-order valence-electron chi connectivity index (χ0n) is 22.4. The van der Waals surface area contributed by atoms with Crippen molar-refractivity contribution in [2.24, 2.45) is 0 Å². The number of carboxylic acid groups (broad SMARTS) is 1. The van der Waals surface area contributed by atoms with E-state index in [1.54, 1.807) is 17.6 Å². The van der Waals surface area contributed by atoms with E-state index < -0.39 is 63.3 Å². The first kappa shape index (κ1) is 29.7. The molecule has 2 unspecified atom stereocenters. The largest absolute Gasteiger partial charge is 0.480 e. The molecule has 1 aromatic carbocycles. The Hall–Kier alpha value is -3.76. The van der Waals surface area contributed by atoms with Crippen molar-refractivity contribution in [1.29, 1.82) is 0 Å². The minimum Gasteiger partial charge on any atom is -0.480 e. The molecule has 0 radical (unpaired) electrons. The number of ether oxygens (including phenoxy) is 3. The van der Waals surface area contributed by atoms with Crippen molar-refractivity contribution < 1.29 is 42.9 Å². The van der Waals surface area contributed by atoms with Gasteiger partial charge in [0.05, 0.1) is 25.8 Å². The number of carboxylic acids is 1. The molecule has 2 amide bonds. The smallest absolute Gasteiger partial charge is 0.341 e. The van der Waals surface area contributed by atoms with E-state index in [9.17, 15) is 19.0 Å². The second-order valence-corrected chi connectivity index (χ2v) is 11.2. The third kappa shape index (κ3) is 6.99. The SMILES string of the molecule is CCNC(=O)Nc1ncnc2c1ncn2[C@@H]1O[C@H](COP(=O)(O)CNCC(=O)O)C2O[C@H](/C=C/c3ccccc3)O[C@@H]21. The van der Waals surface area contributed by atoms with Crippen molar-refractivity contribution in [3.05, 3.63) is 54.6 Å². The number of nitrogens with one attached hydrogen (secondary N) is 3. The molecule has 0 spiro atoms. The summed E-state index contributed by atoms with van der Waals surface area (Å²) >= 11 is 0. The topological polar surface area (TPSA) is 208 Å². The Morgan fingerprint density at radius 3 is 2.69 bits per heavy atom. The Balaban J connectivity index is 1.37. The Bertz CT molecular complexity index is 1490. The molecule has 224 valence electrons. The molecule has 3 aromatic rings. The van der Waals surface area contributed by atoms with E-state index in [1.165, 1.54) is 12.7 Å². The van der Waals surface area contributed by atoms with Crippen LogP contribution in [-0.4, -0.2) is 92.1 Å². The average Bonchev–Trinajstić information content (AvgIpc) is 3.65. The Labute approximate surface area is 239 Å².